The van der Waals surface area contributed by atoms with E-state index in [-0.39, 0.29) is 0 Å². The van der Waals surface area contributed by atoms with Crippen molar-refractivity contribution in [2.45, 2.75) is 31.5 Å². The molecule has 0 amide bonds. The number of halogens is 1. The van der Waals surface area contributed by atoms with E-state index in [1.165, 1.54) is 31.5 Å². The smallest absolute Gasteiger partial charge is 0.0991 e. The van der Waals surface area contributed by atoms with E-state index in [9.17, 15) is 0 Å². The Labute approximate surface area is 122 Å². The molecule has 0 saturated carbocycles. The van der Waals surface area contributed by atoms with Gasteiger partial charge in [0.05, 0.1) is 11.6 Å². The minimum Gasteiger partial charge on any atom is -0.291 e. The summed E-state index contributed by atoms with van der Waals surface area (Å²) in [6.45, 7) is 3.41. The maximum absolute atomic E-state index is 8.81. The third-order valence-corrected chi connectivity index (χ3v) is 4.82. The number of hydrogen-bond donors (Lipinski definition) is 0. The number of hydrogen-bond acceptors (Lipinski definition) is 3. The maximum Gasteiger partial charge on any atom is 0.0991 e. The molecule has 2 unspecified atom stereocenters. The summed E-state index contributed by atoms with van der Waals surface area (Å²) in [5, 5.41) is 8.81. The second kappa shape index (κ2) is 5.16. The Kier molecular flexibility index (Phi) is 3.55. The van der Waals surface area contributed by atoms with Crippen LogP contribution in [0, 0.1) is 11.3 Å². The highest BCUT2D eigenvalue weighted by Crippen LogP contribution is 2.32. The molecule has 94 valence electrons. The van der Waals surface area contributed by atoms with Gasteiger partial charge in [-0.3, -0.25) is 4.90 Å². The number of nitriles is 1. The van der Waals surface area contributed by atoms with Gasteiger partial charge in [0.15, 0.2) is 0 Å². The number of nitrogens with zero attached hydrogens (tertiary/aromatic N) is 3. The minimum atomic E-state index is 0.719. The molecule has 2 heterocycles. The van der Waals surface area contributed by atoms with Crippen molar-refractivity contribution in [1.82, 2.24) is 8.01 Å². The van der Waals surface area contributed by atoms with Gasteiger partial charge in [-0.2, -0.15) is 5.26 Å². The average molecular weight is 353 g/mol. The Morgan fingerprint density at radius 3 is 2.33 bits per heavy atom. The topological polar surface area (TPSA) is 30.3 Å². The fraction of sp³-hybridized carbons (Fsp3) is 0.500. The molecular weight excluding hydrogens is 337 g/mol. The van der Waals surface area contributed by atoms with Gasteiger partial charge in [-0.25, -0.2) is 3.11 Å². The molecule has 3 rings (SSSR count). The van der Waals surface area contributed by atoms with Crippen LogP contribution in [-0.4, -0.2) is 33.2 Å². The first-order valence-electron chi connectivity index (χ1n) is 6.42. The van der Waals surface area contributed by atoms with E-state index in [4.69, 9.17) is 5.26 Å². The summed E-state index contributed by atoms with van der Waals surface area (Å²) in [6, 6.07) is 11.6. The molecule has 2 aliphatic heterocycles. The number of benzene rings is 1. The molecule has 2 fully saturated rings. The molecule has 18 heavy (non-hydrogen) atoms. The molecule has 0 radical (unpaired) electrons. The standard InChI is InChI=1S/C14H16IN3/c15-17-9-13-5-6-14(10-17)18(13)8-12-3-1-11(7-16)2-4-12/h1-4,13-14H,5-6,8-10H2. The van der Waals surface area contributed by atoms with Crippen LogP contribution in [0.2, 0.25) is 0 Å². The summed E-state index contributed by atoms with van der Waals surface area (Å²) < 4.78 is 2.43. The van der Waals surface area contributed by atoms with Crippen LogP contribution in [0.15, 0.2) is 24.3 Å². The Morgan fingerprint density at radius 2 is 1.78 bits per heavy atom. The molecule has 0 spiro atoms. The normalized spacial score (nSPS) is 28.2. The summed E-state index contributed by atoms with van der Waals surface area (Å²) in [4.78, 5) is 2.65. The first kappa shape index (κ1) is 12.4. The van der Waals surface area contributed by atoms with Gasteiger partial charge in [0.2, 0.25) is 0 Å². The van der Waals surface area contributed by atoms with E-state index in [0.717, 1.165) is 24.2 Å². The van der Waals surface area contributed by atoms with E-state index in [1.54, 1.807) is 0 Å². The molecule has 2 bridgehead atoms. The molecule has 0 aliphatic carbocycles. The fourth-order valence-corrected chi connectivity index (χ4v) is 4.00. The monoisotopic (exact) mass is 353 g/mol. The van der Waals surface area contributed by atoms with Crippen LogP contribution >= 0.6 is 22.9 Å². The number of rotatable bonds is 2. The van der Waals surface area contributed by atoms with Crippen molar-refractivity contribution in [2.24, 2.45) is 0 Å². The molecule has 0 N–H and O–H groups in total. The lowest BCUT2D eigenvalue weighted by Gasteiger charge is -2.38. The van der Waals surface area contributed by atoms with E-state index in [0.29, 0.717) is 0 Å². The van der Waals surface area contributed by atoms with Gasteiger partial charge in [0, 0.05) is 54.6 Å². The zero-order valence-electron chi connectivity index (χ0n) is 10.2. The molecule has 1 aromatic rings. The highest BCUT2D eigenvalue weighted by molar-refractivity contribution is 14.1. The van der Waals surface area contributed by atoms with Crippen molar-refractivity contribution in [2.75, 3.05) is 13.1 Å². The molecule has 4 heteroatoms. The van der Waals surface area contributed by atoms with Crippen LogP contribution in [0.3, 0.4) is 0 Å². The quantitative estimate of drug-likeness (QED) is 0.605. The van der Waals surface area contributed by atoms with Crippen LogP contribution < -0.4 is 0 Å². The van der Waals surface area contributed by atoms with Crippen molar-refractivity contribution >= 4 is 22.9 Å². The average Bonchev–Trinajstić information content (AvgIpc) is 2.62. The van der Waals surface area contributed by atoms with Gasteiger partial charge >= 0.3 is 0 Å². The van der Waals surface area contributed by atoms with Crippen molar-refractivity contribution in [3.8, 4) is 6.07 Å². The highest BCUT2D eigenvalue weighted by Gasteiger charge is 2.38. The highest BCUT2D eigenvalue weighted by atomic mass is 127. The Bertz CT molecular complexity index is 451. The Morgan fingerprint density at radius 1 is 1.17 bits per heavy atom. The second-order valence-electron chi connectivity index (χ2n) is 5.19. The first-order chi connectivity index (χ1) is 8.76. The molecule has 1 aromatic carbocycles. The van der Waals surface area contributed by atoms with Gasteiger partial charge in [-0.05, 0) is 30.5 Å². The Balaban J connectivity index is 1.71. The molecule has 2 aliphatic rings. The predicted molar refractivity (Wildman–Crippen MR) is 79.1 cm³/mol. The third-order valence-electron chi connectivity index (χ3n) is 4.04. The van der Waals surface area contributed by atoms with Crippen LogP contribution in [-0.2, 0) is 6.54 Å². The van der Waals surface area contributed by atoms with Crippen LogP contribution in [0.1, 0.15) is 24.0 Å². The van der Waals surface area contributed by atoms with Gasteiger partial charge < -0.3 is 0 Å². The van der Waals surface area contributed by atoms with E-state index < -0.39 is 0 Å². The molecular formula is C14H16IN3. The van der Waals surface area contributed by atoms with Crippen molar-refractivity contribution in [3.05, 3.63) is 35.4 Å². The van der Waals surface area contributed by atoms with E-state index in [2.05, 4.69) is 49.1 Å². The molecule has 2 atom stereocenters. The SMILES string of the molecule is N#Cc1ccc(CN2C3CCC2CN(I)C3)cc1. The van der Waals surface area contributed by atoms with Gasteiger partial charge in [-0.1, -0.05) is 12.1 Å². The summed E-state index contributed by atoms with van der Waals surface area (Å²) in [5.74, 6) is 0. The first-order valence-corrected chi connectivity index (χ1v) is 7.38. The van der Waals surface area contributed by atoms with Gasteiger partial charge in [-0.15, -0.1) is 0 Å². The van der Waals surface area contributed by atoms with Gasteiger partial charge in [0.1, 0.15) is 0 Å². The minimum absolute atomic E-state index is 0.719. The van der Waals surface area contributed by atoms with E-state index >= 15 is 0 Å². The molecule has 3 nitrogen and oxygen atoms in total. The number of piperazine rings is 1. The zero-order valence-corrected chi connectivity index (χ0v) is 12.4. The predicted octanol–water partition coefficient (Wildman–Crippen LogP) is 2.56. The number of fused-ring (bicyclic) bond motifs is 2. The second-order valence-corrected chi connectivity index (χ2v) is 6.56. The van der Waals surface area contributed by atoms with Crippen LogP contribution in [0.4, 0.5) is 0 Å². The summed E-state index contributed by atoms with van der Waals surface area (Å²) >= 11 is 2.45. The lowest BCUT2D eigenvalue weighted by atomic mass is 10.1. The lowest BCUT2D eigenvalue weighted by Crippen LogP contribution is -2.49. The summed E-state index contributed by atoms with van der Waals surface area (Å²) in [6.07, 6.45) is 2.67. The molecule has 0 aromatic heterocycles. The van der Waals surface area contributed by atoms with E-state index in [1.807, 2.05) is 12.1 Å². The van der Waals surface area contributed by atoms with Crippen molar-refractivity contribution < 1.29 is 0 Å². The Hall–Kier alpha value is -0.640. The van der Waals surface area contributed by atoms with Crippen LogP contribution in [0.25, 0.3) is 0 Å². The zero-order chi connectivity index (χ0) is 12.5. The van der Waals surface area contributed by atoms with Gasteiger partial charge in [0.25, 0.3) is 0 Å². The van der Waals surface area contributed by atoms with Crippen LogP contribution in [0.5, 0.6) is 0 Å². The summed E-state index contributed by atoms with van der Waals surface area (Å²) in [5.41, 5.74) is 2.08. The fourth-order valence-electron chi connectivity index (χ4n) is 3.09. The molecule has 2 saturated heterocycles. The maximum atomic E-state index is 8.81. The van der Waals surface area contributed by atoms with Crippen molar-refractivity contribution in [1.29, 1.82) is 5.26 Å². The largest absolute Gasteiger partial charge is 0.291 e. The lowest BCUT2D eigenvalue weighted by molar-refractivity contribution is 0.115. The third kappa shape index (κ3) is 2.40. The summed E-state index contributed by atoms with van der Waals surface area (Å²) in [7, 11) is 0. The van der Waals surface area contributed by atoms with Crippen molar-refractivity contribution in [3.63, 3.8) is 0 Å².